The number of rotatable bonds is 8. The Morgan fingerprint density at radius 3 is 2.36 bits per heavy atom. The number of aromatic nitrogens is 6. The number of hydrogen-bond donors (Lipinski definition) is 1. The summed E-state index contributed by atoms with van der Waals surface area (Å²) in [5, 5.41) is 19.7. The molecule has 216 valence electrons. The van der Waals surface area contributed by atoms with Crippen LogP contribution >= 0.6 is 23.2 Å². The van der Waals surface area contributed by atoms with Crippen LogP contribution in [0.2, 0.25) is 10.0 Å². The van der Waals surface area contributed by atoms with Crippen molar-refractivity contribution in [3.05, 3.63) is 105 Å². The first kappa shape index (κ1) is 29.1. The third-order valence-corrected chi connectivity index (χ3v) is 7.19. The largest absolute Gasteiger partial charge is 0.573 e. The highest BCUT2D eigenvalue weighted by Gasteiger charge is 2.32. The van der Waals surface area contributed by atoms with E-state index in [2.05, 4.69) is 25.4 Å². The van der Waals surface area contributed by atoms with Crippen molar-refractivity contribution in [1.29, 1.82) is 0 Å². The summed E-state index contributed by atoms with van der Waals surface area (Å²) in [5.41, 5.74) is 3.05. The van der Waals surface area contributed by atoms with Crippen LogP contribution in [0.3, 0.4) is 0 Å². The van der Waals surface area contributed by atoms with Crippen molar-refractivity contribution in [2.24, 2.45) is 0 Å². The first-order valence-electron chi connectivity index (χ1n) is 12.5. The summed E-state index contributed by atoms with van der Waals surface area (Å²) >= 11 is 12.7. The van der Waals surface area contributed by atoms with Crippen molar-refractivity contribution < 1.29 is 22.7 Å². The smallest absolute Gasteiger partial charge is 0.406 e. The molecule has 0 aliphatic carbocycles. The Bertz CT molecular complexity index is 1690. The van der Waals surface area contributed by atoms with Crippen molar-refractivity contribution in [2.45, 2.75) is 25.7 Å². The van der Waals surface area contributed by atoms with E-state index in [1.165, 1.54) is 29.2 Å². The Balaban J connectivity index is 1.60. The molecule has 42 heavy (non-hydrogen) atoms. The van der Waals surface area contributed by atoms with Gasteiger partial charge in [-0.1, -0.05) is 59.6 Å². The number of alkyl halides is 3. The molecular formula is C28H22Cl2F3N7O2. The topological polar surface area (TPSA) is 102 Å². The van der Waals surface area contributed by atoms with Gasteiger partial charge in [-0.15, -0.1) is 18.3 Å². The van der Waals surface area contributed by atoms with Gasteiger partial charge in [-0.25, -0.2) is 9.78 Å². The second kappa shape index (κ2) is 11.8. The molecule has 3 aromatic carbocycles. The summed E-state index contributed by atoms with van der Waals surface area (Å²) in [6.07, 6.45) is -4.68. The molecule has 0 bridgehead atoms. The second-order valence-electron chi connectivity index (χ2n) is 9.28. The zero-order chi connectivity index (χ0) is 30.0. The molecule has 0 unspecified atom stereocenters. The van der Waals surface area contributed by atoms with Crippen LogP contribution < -0.4 is 4.74 Å². The van der Waals surface area contributed by atoms with Gasteiger partial charge in [0, 0.05) is 29.6 Å². The fraction of sp³-hybridized carbons (Fsp3) is 0.179. The number of hydrogen-bond acceptors (Lipinski definition) is 6. The molecule has 2 heterocycles. The molecule has 2 aromatic heterocycles. The first-order chi connectivity index (χ1) is 20.0. The van der Waals surface area contributed by atoms with Gasteiger partial charge in [0.2, 0.25) is 0 Å². The van der Waals surface area contributed by atoms with Crippen LogP contribution in [0.4, 0.5) is 13.2 Å². The fourth-order valence-corrected chi connectivity index (χ4v) is 4.77. The number of para-hydroxylation sites is 1. The number of amides is 1. The zero-order valence-corrected chi connectivity index (χ0v) is 23.6. The molecular weight excluding hydrogens is 594 g/mol. The molecule has 5 aromatic rings. The summed E-state index contributed by atoms with van der Waals surface area (Å²) in [4.78, 5) is 15.5. The molecule has 0 fully saturated rings. The minimum atomic E-state index is -4.81. The quantitative estimate of drug-likeness (QED) is 0.209. The van der Waals surface area contributed by atoms with Crippen molar-refractivity contribution in [1.82, 2.24) is 35.3 Å². The van der Waals surface area contributed by atoms with Gasteiger partial charge in [-0.2, -0.15) is 5.10 Å². The van der Waals surface area contributed by atoms with Crippen molar-refractivity contribution in [3.63, 3.8) is 0 Å². The maximum atomic E-state index is 14.1. The number of halogens is 5. The number of H-pyrrole nitrogens is 1. The van der Waals surface area contributed by atoms with Gasteiger partial charge in [-0.05, 0) is 59.3 Å². The third kappa shape index (κ3) is 6.24. The zero-order valence-electron chi connectivity index (χ0n) is 22.1. The molecule has 0 aliphatic heterocycles. The Hall–Kier alpha value is -4.42. The van der Waals surface area contributed by atoms with Crippen LogP contribution in [0.1, 0.15) is 40.4 Å². The molecule has 1 N–H and O–H groups in total. The van der Waals surface area contributed by atoms with Crippen molar-refractivity contribution in [2.75, 3.05) is 7.05 Å². The van der Waals surface area contributed by atoms with Crippen LogP contribution in [0, 0.1) is 0 Å². The van der Waals surface area contributed by atoms with E-state index in [0.717, 1.165) is 0 Å². The van der Waals surface area contributed by atoms with E-state index >= 15 is 0 Å². The van der Waals surface area contributed by atoms with Gasteiger partial charge < -0.3 is 9.64 Å². The van der Waals surface area contributed by atoms with Gasteiger partial charge in [0.15, 0.2) is 11.5 Å². The van der Waals surface area contributed by atoms with Crippen molar-refractivity contribution in [3.8, 4) is 22.7 Å². The van der Waals surface area contributed by atoms with Gasteiger partial charge in [0.05, 0.1) is 22.4 Å². The Morgan fingerprint density at radius 2 is 1.74 bits per heavy atom. The predicted molar refractivity (Wildman–Crippen MR) is 150 cm³/mol. The van der Waals surface area contributed by atoms with Gasteiger partial charge in [-0.3, -0.25) is 4.79 Å². The van der Waals surface area contributed by atoms with Gasteiger partial charge >= 0.3 is 6.36 Å². The molecule has 0 spiro atoms. The number of carbonyl (C=O) groups excluding carboxylic acids is 1. The van der Waals surface area contributed by atoms with Gasteiger partial charge in [0.1, 0.15) is 5.75 Å². The average Bonchev–Trinajstić information content (AvgIpc) is 3.61. The summed E-state index contributed by atoms with van der Waals surface area (Å²) in [6, 6.07) is 18.9. The Morgan fingerprint density at radius 1 is 1.05 bits per heavy atom. The van der Waals surface area contributed by atoms with E-state index in [9.17, 15) is 18.0 Å². The van der Waals surface area contributed by atoms with E-state index in [4.69, 9.17) is 28.3 Å². The predicted octanol–water partition coefficient (Wildman–Crippen LogP) is 6.68. The molecule has 14 heteroatoms. The second-order valence-corrected chi connectivity index (χ2v) is 10.1. The highest BCUT2D eigenvalue weighted by atomic mass is 35.5. The normalized spacial score (nSPS) is 12.3. The number of carbonyl (C=O) groups is 1. The lowest BCUT2D eigenvalue weighted by Crippen LogP contribution is -2.31. The van der Waals surface area contributed by atoms with E-state index in [1.807, 2.05) is 0 Å². The molecule has 0 aliphatic rings. The number of nitrogens with one attached hydrogen (secondary N) is 1. The number of tetrazole rings is 1. The molecule has 1 amide bonds. The van der Waals surface area contributed by atoms with Crippen LogP contribution in [-0.2, 0) is 6.42 Å². The van der Waals surface area contributed by atoms with Crippen LogP contribution in [0.15, 0.2) is 72.8 Å². The van der Waals surface area contributed by atoms with Crippen LogP contribution in [-0.4, -0.2) is 54.6 Å². The van der Waals surface area contributed by atoms with E-state index in [-0.39, 0.29) is 17.9 Å². The lowest BCUT2D eigenvalue weighted by molar-refractivity contribution is -0.274. The van der Waals surface area contributed by atoms with Crippen molar-refractivity contribution >= 4 is 29.1 Å². The van der Waals surface area contributed by atoms with Crippen LogP contribution in [0.5, 0.6) is 5.75 Å². The minimum Gasteiger partial charge on any atom is -0.406 e. The summed E-state index contributed by atoms with van der Waals surface area (Å²) in [7, 11) is 1.59. The van der Waals surface area contributed by atoms with E-state index in [0.29, 0.717) is 43.9 Å². The number of benzene rings is 3. The number of aromatic amines is 1. The van der Waals surface area contributed by atoms with E-state index < -0.39 is 18.3 Å². The molecule has 0 radical (unpaired) electrons. The summed E-state index contributed by atoms with van der Waals surface area (Å²) < 4.78 is 43.4. The first-order valence-corrected chi connectivity index (χ1v) is 13.3. The number of ether oxygens (including phenoxy) is 1. The molecule has 5 rings (SSSR count). The Labute approximate surface area is 247 Å². The van der Waals surface area contributed by atoms with Gasteiger partial charge in [0.25, 0.3) is 5.91 Å². The molecule has 1 atom stereocenters. The highest BCUT2D eigenvalue weighted by molar-refractivity contribution is 6.32. The average molecular weight is 616 g/mol. The maximum Gasteiger partial charge on any atom is 0.573 e. The third-order valence-electron chi connectivity index (χ3n) is 6.62. The standard InChI is InChI=1S/C28H22Cl2F3N7O2/c1-16(17-9-13-20(14-10-17)42-28(31,32)33)39(2)27(41)25-21(15-24-34-37-38-35-24)26(18-7-11-19(29)12-8-18)40(36-25)23-6-4-3-5-22(23)30/h3-14,16H,15H2,1-2H3,(H,34,35,37,38)/t16-/m1/s1. The number of nitrogens with zero attached hydrogens (tertiary/aromatic N) is 6. The monoisotopic (exact) mass is 615 g/mol. The SMILES string of the molecule is C[C@H](c1ccc(OC(F)(F)F)cc1)N(C)C(=O)c1nn(-c2ccccc2Cl)c(-c2ccc(Cl)cc2)c1Cc1nnn[nH]1. The van der Waals surface area contributed by atoms with E-state index in [1.54, 1.807) is 67.2 Å². The van der Waals surface area contributed by atoms with Crippen LogP contribution in [0.25, 0.3) is 16.9 Å². The minimum absolute atomic E-state index is 0.114. The lowest BCUT2D eigenvalue weighted by Gasteiger charge is -2.25. The summed E-state index contributed by atoms with van der Waals surface area (Å²) in [5.74, 6) is -0.406. The molecule has 0 saturated carbocycles. The lowest BCUT2D eigenvalue weighted by atomic mass is 10.0. The highest BCUT2D eigenvalue weighted by Crippen LogP contribution is 2.35. The maximum absolute atomic E-state index is 14.1. The fourth-order valence-electron chi connectivity index (χ4n) is 4.43. The molecule has 0 saturated heterocycles. The summed E-state index contributed by atoms with van der Waals surface area (Å²) in [6.45, 7) is 1.75. The Kier molecular flexibility index (Phi) is 8.19. The molecule has 9 nitrogen and oxygen atoms in total.